The first-order valence-corrected chi connectivity index (χ1v) is 12.9. The second-order valence-electron chi connectivity index (χ2n) is 9.58. The van der Waals surface area contributed by atoms with Crippen LogP contribution in [0.15, 0.2) is 145 Å². The molecular formula is C36H24O2. The van der Waals surface area contributed by atoms with Crippen molar-refractivity contribution in [3.63, 3.8) is 0 Å². The predicted octanol–water partition coefficient (Wildman–Crippen LogP) is 8.75. The number of fused-ring (bicyclic) bond motifs is 6. The molecule has 1 atom stereocenters. The van der Waals surface area contributed by atoms with Crippen molar-refractivity contribution in [3.05, 3.63) is 173 Å². The third-order valence-corrected chi connectivity index (χ3v) is 7.43. The number of carbonyl (C=O) groups is 1. The monoisotopic (exact) mass is 488 g/mol. The molecule has 180 valence electrons. The Bertz CT molecular complexity index is 1840. The Hall–Kier alpha value is -4.95. The predicted molar refractivity (Wildman–Crippen MR) is 154 cm³/mol. The standard InChI is InChI=1S/C36H24O2/c37-36(26-18-8-3-9-19-26)38-35-31(24-14-4-1-5-15-24)33-29-22-12-10-20-27(29)28-21-11-13-23-30(28)34(33)32(35)25-16-6-2-7-17-25/h1-23,31H. The topological polar surface area (TPSA) is 26.3 Å². The van der Waals surface area contributed by atoms with Gasteiger partial charge in [-0.15, -0.1) is 0 Å². The quantitative estimate of drug-likeness (QED) is 0.183. The third kappa shape index (κ3) is 3.54. The molecule has 0 heterocycles. The van der Waals surface area contributed by atoms with Crippen LogP contribution in [0, 0.1) is 0 Å². The molecule has 1 aliphatic carbocycles. The number of hydrogen-bond acceptors (Lipinski definition) is 2. The fourth-order valence-electron chi connectivity index (χ4n) is 5.83. The van der Waals surface area contributed by atoms with Crippen molar-refractivity contribution in [1.29, 1.82) is 0 Å². The highest BCUT2D eigenvalue weighted by molar-refractivity contribution is 6.17. The lowest BCUT2D eigenvalue weighted by Crippen LogP contribution is -2.11. The minimum Gasteiger partial charge on any atom is -0.426 e. The highest BCUT2D eigenvalue weighted by Crippen LogP contribution is 2.54. The minimum absolute atomic E-state index is 0.233. The largest absolute Gasteiger partial charge is 0.426 e. The molecule has 0 N–H and O–H groups in total. The van der Waals surface area contributed by atoms with E-state index in [1.165, 1.54) is 21.7 Å². The maximum Gasteiger partial charge on any atom is 0.343 e. The van der Waals surface area contributed by atoms with Crippen LogP contribution in [-0.4, -0.2) is 5.97 Å². The highest BCUT2D eigenvalue weighted by atomic mass is 16.5. The van der Waals surface area contributed by atoms with E-state index in [2.05, 4.69) is 84.9 Å². The van der Waals surface area contributed by atoms with Crippen molar-refractivity contribution in [1.82, 2.24) is 0 Å². The molecule has 0 aliphatic heterocycles. The lowest BCUT2D eigenvalue weighted by Gasteiger charge is -2.20. The molecule has 0 saturated heterocycles. The summed E-state index contributed by atoms with van der Waals surface area (Å²) in [6, 6.07) is 47.0. The van der Waals surface area contributed by atoms with E-state index < -0.39 is 0 Å². The average Bonchev–Trinajstić information content (AvgIpc) is 3.33. The number of carbonyl (C=O) groups excluding carboxylic acids is 1. The van der Waals surface area contributed by atoms with Gasteiger partial charge in [0.15, 0.2) is 0 Å². The molecule has 0 fully saturated rings. The molecule has 6 aromatic rings. The fourth-order valence-corrected chi connectivity index (χ4v) is 5.83. The van der Waals surface area contributed by atoms with E-state index in [-0.39, 0.29) is 11.9 Å². The van der Waals surface area contributed by atoms with Crippen molar-refractivity contribution in [2.45, 2.75) is 5.92 Å². The van der Waals surface area contributed by atoms with E-state index >= 15 is 0 Å². The van der Waals surface area contributed by atoms with Crippen molar-refractivity contribution >= 4 is 33.1 Å². The molecule has 0 saturated carbocycles. The van der Waals surface area contributed by atoms with E-state index in [0.717, 1.165) is 27.6 Å². The van der Waals surface area contributed by atoms with Gasteiger partial charge in [0.25, 0.3) is 0 Å². The van der Waals surface area contributed by atoms with Crippen molar-refractivity contribution in [2.75, 3.05) is 0 Å². The molecule has 1 unspecified atom stereocenters. The summed E-state index contributed by atoms with van der Waals surface area (Å²) in [6.45, 7) is 0. The SMILES string of the molecule is O=C(OC1=C(c2ccccc2)c2c(c3ccccc3c3ccccc23)C1c1ccccc1)c1ccccc1. The molecule has 0 radical (unpaired) electrons. The smallest absolute Gasteiger partial charge is 0.343 e. The second-order valence-corrected chi connectivity index (χ2v) is 9.58. The van der Waals surface area contributed by atoms with Gasteiger partial charge < -0.3 is 4.74 Å². The lowest BCUT2D eigenvalue weighted by atomic mass is 9.85. The summed E-state index contributed by atoms with van der Waals surface area (Å²) in [5.41, 5.74) is 5.94. The molecule has 6 aromatic carbocycles. The average molecular weight is 489 g/mol. The van der Waals surface area contributed by atoms with Gasteiger partial charge in [-0.05, 0) is 55.9 Å². The first kappa shape index (κ1) is 22.3. The maximum atomic E-state index is 13.6. The molecular weight excluding hydrogens is 464 g/mol. The maximum absolute atomic E-state index is 13.6. The van der Waals surface area contributed by atoms with Gasteiger partial charge in [-0.2, -0.15) is 0 Å². The molecule has 0 amide bonds. The van der Waals surface area contributed by atoms with Gasteiger partial charge in [-0.25, -0.2) is 4.79 Å². The Kier molecular flexibility index (Phi) is 5.37. The van der Waals surface area contributed by atoms with Crippen LogP contribution in [0.1, 0.15) is 38.5 Å². The summed E-state index contributed by atoms with van der Waals surface area (Å²) in [5, 5.41) is 4.73. The number of rotatable bonds is 4. The molecule has 2 nitrogen and oxygen atoms in total. The Morgan fingerprint density at radius 1 is 0.526 bits per heavy atom. The van der Waals surface area contributed by atoms with Crippen LogP contribution in [0.2, 0.25) is 0 Å². The molecule has 0 spiro atoms. The number of hydrogen-bond donors (Lipinski definition) is 0. The van der Waals surface area contributed by atoms with Gasteiger partial charge in [0.1, 0.15) is 5.76 Å². The number of ether oxygens (including phenoxy) is 1. The summed E-state index contributed by atoms with van der Waals surface area (Å²) in [6.07, 6.45) is 0. The molecule has 0 aromatic heterocycles. The molecule has 7 rings (SSSR count). The first-order valence-electron chi connectivity index (χ1n) is 12.9. The van der Waals surface area contributed by atoms with Crippen LogP contribution in [0.25, 0.3) is 27.1 Å². The molecule has 1 aliphatic rings. The number of allylic oxidation sites excluding steroid dienone is 1. The van der Waals surface area contributed by atoms with E-state index in [1.807, 2.05) is 42.5 Å². The number of benzene rings is 6. The zero-order chi connectivity index (χ0) is 25.5. The van der Waals surface area contributed by atoms with Gasteiger partial charge in [-0.3, -0.25) is 0 Å². The normalized spacial score (nSPS) is 14.6. The van der Waals surface area contributed by atoms with E-state index in [4.69, 9.17) is 4.74 Å². The van der Waals surface area contributed by atoms with Crippen molar-refractivity contribution < 1.29 is 9.53 Å². The zero-order valence-corrected chi connectivity index (χ0v) is 20.7. The Morgan fingerprint density at radius 3 is 1.68 bits per heavy atom. The summed E-state index contributed by atoms with van der Waals surface area (Å²) < 4.78 is 6.45. The minimum atomic E-state index is -0.351. The van der Waals surface area contributed by atoms with Crippen molar-refractivity contribution in [2.24, 2.45) is 0 Å². The molecule has 38 heavy (non-hydrogen) atoms. The third-order valence-electron chi connectivity index (χ3n) is 7.43. The molecule has 2 heteroatoms. The van der Waals surface area contributed by atoms with Gasteiger partial charge in [0.2, 0.25) is 0 Å². The summed E-state index contributed by atoms with van der Waals surface area (Å²) in [7, 11) is 0. The van der Waals surface area contributed by atoms with Crippen LogP contribution in [0.4, 0.5) is 0 Å². The summed E-state index contributed by atoms with van der Waals surface area (Å²) in [5.74, 6) is 0.0905. The summed E-state index contributed by atoms with van der Waals surface area (Å²) in [4.78, 5) is 13.6. The van der Waals surface area contributed by atoms with Gasteiger partial charge in [-0.1, -0.05) is 127 Å². The van der Waals surface area contributed by atoms with Crippen LogP contribution in [0.3, 0.4) is 0 Å². The Morgan fingerprint density at radius 2 is 1.03 bits per heavy atom. The fraction of sp³-hybridized carbons (Fsp3) is 0.0278. The highest BCUT2D eigenvalue weighted by Gasteiger charge is 2.39. The van der Waals surface area contributed by atoms with Crippen LogP contribution >= 0.6 is 0 Å². The van der Waals surface area contributed by atoms with Gasteiger partial charge in [0.05, 0.1) is 11.5 Å². The Balaban J connectivity index is 1.61. The first-order chi connectivity index (χ1) is 18.8. The second kappa shape index (κ2) is 9.17. The zero-order valence-electron chi connectivity index (χ0n) is 20.7. The van der Waals surface area contributed by atoms with E-state index in [9.17, 15) is 4.79 Å². The van der Waals surface area contributed by atoms with E-state index in [1.54, 1.807) is 12.1 Å². The van der Waals surface area contributed by atoms with Crippen LogP contribution in [-0.2, 0) is 4.74 Å². The number of esters is 1. The lowest BCUT2D eigenvalue weighted by molar-refractivity contribution is 0.0615. The van der Waals surface area contributed by atoms with Crippen LogP contribution in [0.5, 0.6) is 0 Å². The van der Waals surface area contributed by atoms with Crippen molar-refractivity contribution in [3.8, 4) is 0 Å². The summed E-state index contributed by atoms with van der Waals surface area (Å²) >= 11 is 0. The Labute approximate surface area is 221 Å². The van der Waals surface area contributed by atoms with Gasteiger partial charge in [0, 0.05) is 5.57 Å². The van der Waals surface area contributed by atoms with Crippen LogP contribution < -0.4 is 0 Å². The van der Waals surface area contributed by atoms with E-state index in [0.29, 0.717) is 11.3 Å². The molecule has 0 bridgehead atoms. The van der Waals surface area contributed by atoms with Gasteiger partial charge >= 0.3 is 5.97 Å².